The molecule has 5 heteroatoms. The van der Waals surface area contributed by atoms with Gasteiger partial charge in [-0.3, -0.25) is 0 Å². The van der Waals surface area contributed by atoms with Crippen LogP contribution in [0.2, 0.25) is 5.02 Å². The molecule has 0 radical (unpaired) electrons. The maximum atomic E-state index is 13.6. The Bertz CT molecular complexity index is 369. The highest BCUT2D eigenvalue weighted by Gasteiger charge is 2.19. The van der Waals surface area contributed by atoms with E-state index in [1.54, 1.807) is 6.92 Å². The number of methoxy groups -OCH3 is 1. The lowest BCUT2D eigenvalue weighted by atomic mass is 10.1. The summed E-state index contributed by atoms with van der Waals surface area (Å²) in [5, 5.41) is -0.260. The van der Waals surface area contributed by atoms with Crippen molar-refractivity contribution in [3.05, 3.63) is 28.3 Å². The third-order valence-electron chi connectivity index (χ3n) is 1.95. The molecule has 1 rings (SSSR count). The van der Waals surface area contributed by atoms with Crippen LogP contribution in [0.15, 0.2) is 6.07 Å². The Balaban J connectivity index is 3.30. The van der Waals surface area contributed by atoms with Gasteiger partial charge in [-0.2, -0.15) is 0 Å². The van der Waals surface area contributed by atoms with Crippen LogP contribution in [0.4, 0.5) is 8.78 Å². The largest absolute Gasteiger partial charge is 0.493 e. The van der Waals surface area contributed by atoms with E-state index in [2.05, 4.69) is 0 Å². The maximum Gasteiger partial charge on any atom is 0.167 e. The SMILES string of the molecule is COc1c(F)cc(Cl)c(F)c1CC(C)N. The summed E-state index contributed by atoms with van der Waals surface area (Å²) in [6, 6.07) is 0.590. The van der Waals surface area contributed by atoms with Gasteiger partial charge >= 0.3 is 0 Å². The molecule has 0 saturated heterocycles. The van der Waals surface area contributed by atoms with Crippen molar-refractivity contribution in [2.75, 3.05) is 7.11 Å². The topological polar surface area (TPSA) is 35.2 Å². The second-order valence-electron chi connectivity index (χ2n) is 3.35. The summed E-state index contributed by atoms with van der Waals surface area (Å²) in [5.74, 6) is -1.49. The van der Waals surface area contributed by atoms with Crippen molar-refractivity contribution < 1.29 is 13.5 Å². The molecule has 2 nitrogen and oxygen atoms in total. The van der Waals surface area contributed by atoms with Gasteiger partial charge in [0.1, 0.15) is 5.82 Å². The van der Waals surface area contributed by atoms with Crippen LogP contribution in [-0.2, 0) is 6.42 Å². The summed E-state index contributed by atoms with van der Waals surface area (Å²) >= 11 is 5.52. The quantitative estimate of drug-likeness (QED) is 0.817. The molecule has 0 fully saturated rings. The lowest BCUT2D eigenvalue weighted by Crippen LogP contribution is -2.19. The van der Waals surface area contributed by atoms with Crippen molar-refractivity contribution in [1.82, 2.24) is 0 Å². The maximum absolute atomic E-state index is 13.6. The minimum Gasteiger partial charge on any atom is -0.493 e. The van der Waals surface area contributed by atoms with Gasteiger partial charge in [-0.15, -0.1) is 0 Å². The predicted octanol–water partition coefficient (Wildman–Crippen LogP) is 2.52. The van der Waals surface area contributed by atoms with Gasteiger partial charge in [-0.05, 0) is 19.4 Å². The first kappa shape index (κ1) is 12.2. The van der Waals surface area contributed by atoms with E-state index in [-0.39, 0.29) is 28.8 Å². The molecule has 0 spiro atoms. The van der Waals surface area contributed by atoms with Crippen molar-refractivity contribution in [1.29, 1.82) is 0 Å². The first-order valence-corrected chi connectivity index (χ1v) is 4.81. The number of halogens is 3. The number of rotatable bonds is 3. The van der Waals surface area contributed by atoms with Gasteiger partial charge in [0.25, 0.3) is 0 Å². The van der Waals surface area contributed by atoms with Gasteiger partial charge in [-0.25, -0.2) is 8.78 Å². The second-order valence-corrected chi connectivity index (χ2v) is 3.75. The van der Waals surface area contributed by atoms with Gasteiger partial charge in [0.05, 0.1) is 12.1 Å². The minimum atomic E-state index is -0.681. The molecule has 0 aliphatic carbocycles. The fourth-order valence-electron chi connectivity index (χ4n) is 1.35. The lowest BCUT2D eigenvalue weighted by Gasteiger charge is -2.13. The Morgan fingerprint density at radius 2 is 2.13 bits per heavy atom. The van der Waals surface area contributed by atoms with Crippen LogP contribution in [0.25, 0.3) is 0 Å². The standard InChI is InChI=1S/C10H12ClF2NO/c1-5(14)3-6-9(13)7(11)4-8(12)10(6)15-2/h4-5H,3,14H2,1-2H3. The van der Waals surface area contributed by atoms with E-state index in [9.17, 15) is 8.78 Å². The predicted molar refractivity (Wildman–Crippen MR) is 55.3 cm³/mol. The van der Waals surface area contributed by atoms with E-state index in [1.807, 2.05) is 0 Å². The molecule has 0 amide bonds. The first-order valence-electron chi connectivity index (χ1n) is 4.43. The molecule has 0 bridgehead atoms. The van der Waals surface area contributed by atoms with Crippen LogP contribution in [0.5, 0.6) is 5.75 Å². The van der Waals surface area contributed by atoms with Crippen molar-refractivity contribution in [3.8, 4) is 5.75 Å². The zero-order chi connectivity index (χ0) is 11.6. The number of hydrogen-bond donors (Lipinski definition) is 1. The molecule has 0 heterocycles. The fourth-order valence-corrected chi connectivity index (χ4v) is 1.56. The molecule has 15 heavy (non-hydrogen) atoms. The van der Waals surface area contributed by atoms with Crippen molar-refractivity contribution in [2.24, 2.45) is 5.73 Å². The summed E-state index contributed by atoms with van der Waals surface area (Å²) in [7, 11) is 1.27. The average Bonchev–Trinajstić information content (AvgIpc) is 2.13. The van der Waals surface area contributed by atoms with E-state index in [0.29, 0.717) is 0 Å². The van der Waals surface area contributed by atoms with Crippen LogP contribution in [0, 0.1) is 11.6 Å². The molecule has 1 atom stereocenters. The zero-order valence-corrected chi connectivity index (χ0v) is 9.24. The number of nitrogens with two attached hydrogens (primary N) is 1. The fraction of sp³-hybridized carbons (Fsp3) is 0.400. The van der Waals surface area contributed by atoms with Crippen molar-refractivity contribution >= 4 is 11.6 Å². The molecular formula is C10H12ClF2NO. The van der Waals surface area contributed by atoms with E-state index in [1.165, 1.54) is 7.11 Å². The summed E-state index contributed by atoms with van der Waals surface area (Å²) in [4.78, 5) is 0. The smallest absolute Gasteiger partial charge is 0.167 e. The first-order chi connectivity index (χ1) is 6.97. The van der Waals surface area contributed by atoms with Crippen LogP contribution < -0.4 is 10.5 Å². The summed E-state index contributed by atoms with van der Waals surface area (Å²) < 4.78 is 31.7. The number of ether oxygens (including phenoxy) is 1. The van der Waals surface area contributed by atoms with Crippen LogP contribution in [0.1, 0.15) is 12.5 Å². The summed E-state index contributed by atoms with van der Waals surface area (Å²) in [6.07, 6.45) is 0.173. The van der Waals surface area contributed by atoms with Gasteiger partial charge in [0.15, 0.2) is 11.6 Å². The molecule has 0 aliphatic heterocycles. The summed E-state index contributed by atoms with van der Waals surface area (Å²) in [5.41, 5.74) is 5.61. The Hall–Kier alpha value is -0.870. The number of hydrogen-bond acceptors (Lipinski definition) is 2. The molecule has 0 saturated carbocycles. The third kappa shape index (κ3) is 2.58. The highest BCUT2D eigenvalue weighted by atomic mass is 35.5. The highest BCUT2D eigenvalue weighted by molar-refractivity contribution is 6.30. The zero-order valence-electron chi connectivity index (χ0n) is 8.48. The average molecular weight is 236 g/mol. The van der Waals surface area contributed by atoms with E-state index >= 15 is 0 Å². The molecule has 1 unspecified atom stereocenters. The Kier molecular flexibility index (Phi) is 3.88. The summed E-state index contributed by atoms with van der Waals surface area (Å²) in [6.45, 7) is 1.69. The van der Waals surface area contributed by atoms with Crippen molar-refractivity contribution in [3.63, 3.8) is 0 Å². The molecule has 2 N–H and O–H groups in total. The third-order valence-corrected chi connectivity index (χ3v) is 2.22. The Labute approximate surface area is 92.0 Å². The molecule has 0 aliphatic rings. The van der Waals surface area contributed by atoms with Crippen LogP contribution in [0.3, 0.4) is 0 Å². The van der Waals surface area contributed by atoms with Gasteiger partial charge < -0.3 is 10.5 Å². The molecule has 1 aromatic rings. The minimum absolute atomic E-state index is 0.0810. The van der Waals surface area contributed by atoms with Crippen molar-refractivity contribution in [2.45, 2.75) is 19.4 Å². The van der Waals surface area contributed by atoms with Gasteiger partial charge in [0, 0.05) is 11.6 Å². The van der Waals surface area contributed by atoms with E-state index in [4.69, 9.17) is 22.1 Å². The molecular weight excluding hydrogens is 224 g/mol. The second kappa shape index (κ2) is 4.77. The van der Waals surface area contributed by atoms with Crippen LogP contribution in [-0.4, -0.2) is 13.2 Å². The normalized spacial score (nSPS) is 12.7. The monoisotopic (exact) mass is 235 g/mol. The lowest BCUT2D eigenvalue weighted by molar-refractivity contribution is 0.374. The Morgan fingerprint density at radius 1 is 1.53 bits per heavy atom. The molecule has 0 aromatic heterocycles. The highest BCUT2D eigenvalue weighted by Crippen LogP contribution is 2.31. The molecule has 1 aromatic carbocycles. The van der Waals surface area contributed by atoms with Crippen LogP contribution >= 0.6 is 11.6 Å². The van der Waals surface area contributed by atoms with Gasteiger partial charge in [0.2, 0.25) is 0 Å². The molecule has 84 valence electrons. The number of benzene rings is 1. The Morgan fingerprint density at radius 3 is 2.60 bits per heavy atom. The van der Waals surface area contributed by atoms with Gasteiger partial charge in [-0.1, -0.05) is 11.6 Å². The van der Waals surface area contributed by atoms with E-state index in [0.717, 1.165) is 6.07 Å². The van der Waals surface area contributed by atoms with E-state index < -0.39 is 11.6 Å².